The molecule has 0 radical (unpaired) electrons. The lowest BCUT2D eigenvalue weighted by Gasteiger charge is -2.22. The van der Waals surface area contributed by atoms with Crippen molar-refractivity contribution in [3.8, 4) is 11.5 Å². The Balaban J connectivity index is 1.52. The Morgan fingerprint density at radius 1 is 1.07 bits per heavy atom. The van der Waals surface area contributed by atoms with Crippen molar-refractivity contribution in [2.75, 3.05) is 20.3 Å². The van der Waals surface area contributed by atoms with Gasteiger partial charge in [-0.3, -0.25) is 9.59 Å². The van der Waals surface area contributed by atoms with Crippen LogP contribution in [0.4, 0.5) is 0 Å². The summed E-state index contributed by atoms with van der Waals surface area (Å²) in [4.78, 5) is 26.3. The highest BCUT2D eigenvalue weighted by Gasteiger charge is 2.17. The van der Waals surface area contributed by atoms with Crippen molar-refractivity contribution < 1.29 is 19.1 Å². The Labute approximate surface area is 159 Å². The average Bonchev–Trinajstić information content (AvgIpc) is 2.68. The van der Waals surface area contributed by atoms with Crippen molar-refractivity contribution in [1.82, 2.24) is 10.2 Å². The van der Waals surface area contributed by atoms with Crippen molar-refractivity contribution >= 4 is 11.8 Å². The molecule has 142 valence electrons. The third-order valence-electron chi connectivity index (χ3n) is 4.35. The van der Waals surface area contributed by atoms with E-state index in [1.807, 2.05) is 43.3 Å². The van der Waals surface area contributed by atoms with Gasteiger partial charge in [0.1, 0.15) is 13.2 Å². The third kappa shape index (κ3) is 5.00. The molecule has 6 heteroatoms. The van der Waals surface area contributed by atoms with Gasteiger partial charge in [-0.2, -0.15) is 0 Å². The zero-order valence-electron chi connectivity index (χ0n) is 15.6. The van der Waals surface area contributed by atoms with E-state index < -0.39 is 0 Å². The first-order valence-corrected chi connectivity index (χ1v) is 9.01. The fourth-order valence-corrected chi connectivity index (χ4v) is 2.91. The van der Waals surface area contributed by atoms with E-state index in [0.29, 0.717) is 31.1 Å². The number of ether oxygens (including phenoxy) is 2. The molecule has 1 heterocycles. The maximum Gasteiger partial charge on any atom is 0.251 e. The van der Waals surface area contributed by atoms with E-state index in [9.17, 15) is 9.59 Å². The van der Waals surface area contributed by atoms with Crippen LogP contribution in [0.2, 0.25) is 0 Å². The minimum absolute atomic E-state index is 0.0363. The Bertz CT molecular complexity index is 807. The minimum Gasteiger partial charge on any atom is -0.486 e. The van der Waals surface area contributed by atoms with E-state index >= 15 is 0 Å². The van der Waals surface area contributed by atoms with Gasteiger partial charge < -0.3 is 19.7 Å². The monoisotopic (exact) mass is 368 g/mol. The molecular formula is C21H24N2O4. The van der Waals surface area contributed by atoms with Crippen LogP contribution in [-0.4, -0.2) is 43.0 Å². The summed E-state index contributed by atoms with van der Waals surface area (Å²) in [5, 5.41) is 2.86. The van der Waals surface area contributed by atoms with Gasteiger partial charge in [0.15, 0.2) is 11.5 Å². The second-order valence-electron chi connectivity index (χ2n) is 6.67. The van der Waals surface area contributed by atoms with E-state index in [4.69, 9.17) is 9.47 Å². The fourth-order valence-electron chi connectivity index (χ4n) is 2.91. The summed E-state index contributed by atoms with van der Waals surface area (Å²) in [7, 11) is 1.75. The molecular weight excluding hydrogens is 344 g/mol. The number of hydrogen-bond acceptors (Lipinski definition) is 4. The molecule has 0 saturated heterocycles. The van der Waals surface area contributed by atoms with Crippen molar-refractivity contribution in [2.24, 2.45) is 0 Å². The lowest BCUT2D eigenvalue weighted by molar-refractivity contribution is -0.130. The lowest BCUT2D eigenvalue weighted by atomic mass is 10.1. The molecule has 2 aromatic carbocycles. The van der Waals surface area contributed by atoms with Gasteiger partial charge in [-0.1, -0.05) is 24.3 Å². The molecule has 0 aromatic heterocycles. The van der Waals surface area contributed by atoms with E-state index in [1.165, 1.54) is 0 Å². The fraction of sp³-hybridized carbons (Fsp3) is 0.333. The number of hydrogen-bond donors (Lipinski definition) is 1. The van der Waals surface area contributed by atoms with Crippen molar-refractivity contribution in [3.05, 3.63) is 59.7 Å². The number of fused-ring (bicyclic) bond motifs is 1. The molecule has 0 saturated carbocycles. The normalized spacial score (nSPS) is 13.6. The molecule has 27 heavy (non-hydrogen) atoms. The zero-order chi connectivity index (χ0) is 19.2. The minimum atomic E-state index is -0.257. The number of carbonyl (C=O) groups is 2. The van der Waals surface area contributed by atoms with Crippen LogP contribution < -0.4 is 14.8 Å². The summed E-state index contributed by atoms with van der Waals surface area (Å²) in [6, 6.07) is 14.4. The van der Waals surface area contributed by atoms with E-state index in [2.05, 4.69) is 5.32 Å². The standard InChI is InChI=1S/C21H24N2O4/c1-15(22-21(25)17-6-4-3-5-7-17)12-20(24)23(2)14-16-8-9-18-19(13-16)27-11-10-26-18/h3-9,13,15H,10-12,14H2,1-2H3,(H,22,25). The predicted octanol–water partition coefficient (Wildman–Crippen LogP) is 2.62. The molecule has 1 unspecified atom stereocenters. The molecule has 2 amide bonds. The van der Waals surface area contributed by atoms with Gasteiger partial charge in [0.25, 0.3) is 5.91 Å². The largest absolute Gasteiger partial charge is 0.486 e. The number of nitrogens with zero attached hydrogens (tertiary/aromatic N) is 1. The summed E-state index contributed by atoms with van der Waals surface area (Å²) in [5.74, 6) is 1.23. The molecule has 0 bridgehead atoms. The first-order valence-electron chi connectivity index (χ1n) is 9.01. The second-order valence-corrected chi connectivity index (χ2v) is 6.67. The Morgan fingerprint density at radius 2 is 1.78 bits per heavy atom. The van der Waals surface area contributed by atoms with Crippen molar-refractivity contribution in [3.63, 3.8) is 0 Å². The van der Waals surface area contributed by atoms with Crippen molar-refractivity contribution in [2.45, 2.75) is 25.9 Å². The van der Waals surface area contributed by atoms with Crippen LogP contribution in [-0.2, 0) is 11.3 Å². The first kappa shape index (κ1) is 18.8. The highest BCUT2D eigenvalue weighted by atomic mass is 16.6. The lowest BCUT2D eigenvalue weighted by Crippen LogP contribution is -2.37. The highest BCUT2D eigenvalue weighted by molar-refractivity contribution is 5.94. The van der Waals surface area contributed by atoms with Crippen LogP contribution in [0.25, 0.3) is 0 Å². The first-order chi connectivity index (χ1) is 13.0. The Hall–Kier alpha value is -3.02. The molecule has 0 spiro atoms. The quantitative estimate of drug-likeness (QED) is 0.851. The van der Waals surface area contributed by atoms with Crippen LogP contribution in [0.15, 0.2) is 48.5 Å². The molecule has 0 aliphatic carbocycles. The van der Waals surface area contributed by atoms with E-state index in [0.717, 1.165) is 11.3 Å². The number of nitrogens with one attached hydrogen (secondary N) is 1. The Kier molecular flexibility index (Phi) is 5.96. The average molecular weight is 368 g/mol. The summed E-state index contributed by atoms with van der Waals surface area (Å²) in [5.41, 5.74) is 1.55. The van der Waals surface area contributed by atoms with Crippen molar-refractivity contribution in [1.29, 1.82) is 0 Å². The molecule has 2 aromatic rings. The van der Waals surface area contributed by atoms with Gasteiger partial charge in [0, 0.05) is 31.6 Å². The maximum absolute atomic E-state index is 12.5. The third-order valence-corrected chi connectivity index (χ3v) is 4.35. The predicted molar refractivity (Wildman–Crippen MR) is 102 cm³/mol. The highest BCUT2D eigenvalue weighted by Crippen LogP contribution is 2.31. The van der Waals surface area contributed by atoms with Gasteiger partial charge >= 0.3 is 0 Å². The summed E-state index contributed by atoms with van der Waals surface area (Å²) < 4.78 is 11.1. The van der Waals surface area contributed by atoms with Crippen LogP contribution in [0, 0.1) is 0 Å². The molecule has 3 rings (SSSR count). The molecule has 1 aliphatic rings. The molecule has 6 nitrogen and oxygen atoms in total. The van der Waals surface area contributed by atoms with Crippen LogP contribution in [0.1, 0.15) is 29.3 Å². The maximum atomic E-state index is 12.5. The number of amides is 2. The Morgan fingerprint density at radius 3 is 2.52 bits per heavy atom. The molecule has 0 fully saturated rings. The summed E-state index contributed by atoms with van der Waals surface area (Å²) >= 11 is 0. The van der Waals surface area contributed by atoms with Gasteiger partial charge in [-0.15, -0.1) is 0 Å². The van der Waals surface area contributed by atoms with Crippen LogP contribution in [0.5, 0.6) is 11.5 Å². The van der Waals surface area contributed by atoms with Gasteiger partial charge in [0.05, 0.1) is 0 Å². The molecule has 1 N–H and O–H groups in total. The van der Waals surface area contributed by atoms with Gasteiger partial charge in [-0.05, 0) is 36.8 Å². The molecule has 1 aliphatic heterocycles. The second kappa shape index (κ2) is 8.58. The van der Waals surface area contributed by atoms with E-state index in [1.54, 1.807) is 24.1 Å². The number of rotatable bonds is 6. The SMILES string of the molecule is CC(CC(=O)N(C)Cc1ccc2c(c1)OCCO2)NC(=O)c1ccccc1. The van der Waals surface area contributed by atoms with Gasteiger partial charge in [-0.25, -0.2) is 0 Å². The van der Waals surface area contributed by atoms with Gasteiger partial charge in [0.2, 0.25) is 5.91 Å². The number of carbonyl (C=O) groups excluding carboxylic acids is 2. The topological polar surface area (TPSA) is 67.9 Å². The van der Waals surface area contributed by atoms with Crippen LogP contribution in [0.3, 0.4) is 0 Å². The number of benzene rings is 2. The van der Waals surface area contributed by atoms with E-state index in [-0.39, 0.29) is 24.3 Å². The summed E-state index contributed by atoms with van der Waals surface area (Å²) in [6.07, 6.45) is 0.236. The smallest absolute Gasteiger partial charge is 0.251 e. The molecule has 1 atom stereocenters. The zero-order valence-corrected chi connectivity index (χ0v) is 15.6. The summed E-state index contributed by atoms with van der Waals surface area (Å²) in [6.45, 7) is 3.38. The van der Waals surface area contributed by atoms with Crippen LogP contribution >= 0.6 is 0 Å².